The number of fused-ring (bicyclic) bond motifs is 1. The Bertz CT molecular complexity index is 1500. The zero-order valence-electron chi connectivity index (χ0n) is 18.1. The largest absolute Gasteiger partial charge is 0.457 e. The first-order chi connectivity index (χ1) is 16.7. The summed E-state index contributed by atoms with van der Waals surface area (Å²) in [5.41, 5.74) is 4.09. The van der Waals surface area contributed by atoms with Crippen LogP contribution in [-0.4, -0.2) is 15.9 Å². The minimum atomic E-state index is -0.408. The Morgan fingerprint density at radius 1 is 1.00 bits per heavy atom. The number of carbonyl (C=O) groups is 1. The Labute approximate surface area is 195 Å². The van der Waals surface area contributed by atoms with Gasteiger partial charge in [0.2, 0.25) is 0 Å². The number of nitrogens with zero attached hydrogens (tertiary/aromatic N) is 2. The molecule has 0 aliphatic heterocycles. The number of ether oxygens (including phenoxy) is 1. The monoisotopic (exact) mass is 445 g/mol. The van der Waals surface area contributed by atoms with Crippen LogP contribution in [0.15, 0.2) is 95.4 Å². The van der Waals surface area contributed by atoms with E-state index in [1.54, 1.807) is 36.4 Å². The number of furan rings is 1. The van der Waals surface area contributed by atoms with E-state index in [0.717, 1.165) is 22.2 Å². The number of nitrogens with one attached hydrogen (secondary N) is 1. The number of carbonyl (C=O) groups excluding carboxylic acids is 1. The Kier molecular flexibility index (Phi) is 5.74. The van der Waals surface area contributed by atoms with Gasteiger partial charge in [0.1, 0.15) is 30.0 Å². The van der Waals surface area contributed by atoms with Gasteiger partial charge in [-0.2, -0.15) is 5.26 Å². The number of para-hydroxylation sites is 2. The second kappa shape index (κ2) is 9.31. The number of rotatable bonds is 6. The van der Waals surface area contributed by atoms with Gasteiger partial charge in [-0.25, -0.2) is 9.78 Å². The van der Waals surface area contributed by atoms with Crippen molar-refractivity contribution in [2.45, 2.75) is 6.61 Å². The molecule has 0 saturated heterocycles. The van der Waals surface area contributed by atoms with Gasteiger partial charge in [-0.15, -0.1) is 0 Å². The van der Waals surface area contributed by atoms with E-state index in [9.17, 15) is 10.1 Å². The van der Waals surface area contributed by atoms with Crippen molar-refractivity contribution in [3.63, 3.8) is 0 Å². The molecule has 6 nitrogen and oxygen atoms in total. The summed E-state index contributed by atoms with van der Waals surface area (Å²) in [6.07, 6.45) is 1.64. The molecule has 6 heteroatoms. The molecule has 0 radical (unpaired) electrons. The van der Waals surface area contributed by atoms with E-state index in [2.05, 4.69) is 16.0 Å². The molecule has 0 bridgehead atoms. The summed E-state index contributed by atoms with van der Waals surface area (Å²) in [5, 5.41) is 9.65. The fraction of sp³-hybridized carbons (Fsp3) is 0.0357. The molecule has 2 heterocycles. The lowest BCUT2D eigenvalue weighted by molar-refractivity contribution is 0.0473. The van der Waals surface area contributed by atoms with Crippen LogP contribution in [0.4, 0.5) is 0 Å². The number of imidazole rings is 1. The zero-order valence-corrected chi connectivity index (χ0v) is 18.1. The Morgan fingerprint density at radius 2 is 1.82 bits per heavy atom. The number of esters is 1. The lowest BCUT2D eigenvalue weighted by Gasteiger charge is -2.06. The van der Waals surface area contributed by atoms with Gasteiger partial charge < -0.3 is 14.1 Å². The lowest BCUT2D eigenvalue weighted by Crippen LogP contribution is -2.05. The molecule has 0 unspecified atom stereocenters. The fourth-order valence-electron chi connectivity index (χ4n) is 3.57. The second-order valence-corrected chi connectivity index (χ2v) is 7.62. The molecule has 5 aromatic rings. The first kappa shape index (κ1) is 21.0. The van der Waals surface area contributed by atoms with E-state index >= 15 is 0 Å². The maximum absolute atomic E-state index is 12.5. The van der Waals surface area contributed by atoms with Gasteiger partial charge >= 0.3 is 5.97 Å². The average molecular weight is 445 g/mol. The third-order valence-electron chi connectivity index (χ3n) is 5.27. The summed E-state index contributed by atoms with van der Waals surface area (Å²) in [6, 6.07) is 29.9. The highest BCUT2D eigenvalue weighted by Gasteiger charge is 2.12. The number of hydrogen-bond acceptors (Lipinski definition) is 5. The van der Waals surface area contributed by atoms with E-state index < -0.39 is 5.97 Å². The molecule has 2 aromatic heterocycles. The van der Waals surface area contributed by atoms with Crippen molar-refractivity contribution in [3.05, 3.63) is 114 Å². The SMILES string of the molecule is N#C/C(=C/c1ccc(-c2cccc(C(=O)OCc3ccccc3)c2)o1)c1nc2ccccc2[nH]1. The van der Waals surface area contributed by atoms with Crippen molar-refractivity contribution in [2.24, 2.45) is 0 Å². The zero-order chi connectivity index (χ0) is 23.3. The van der Waals surface area contributed by atoms with Crippen LogP contribution in [0.25, 0.3) is 34.0 Å². The van der Waals surface area contributed by atoms with Crippen molar-refractivity contribution in [3.8, 4) is 17.4 Å². The quantitative estimate of drug-likeness (QED) is 0.247. The van der Waals surface area contributed by atoms with Crippen LogP contribution in [0.2, 0.25) is 0 Å². The van der Waals surface area contributed by atoms with Crippen molar-refractivity contribution in [2.75, 3.05) is 0 Å². The third kappa shape index (κ3) is 4.50. The highest BCUT2D eigenvalue weighted by Crippen LogP contribution is 2.26. The Hall–Kier alpha value is -4.89. The molecule has 0 amide bonds. The molecule has 0 aliphatic rings. The number of benzene rings is 3. The molecule has 34 heavy (non-hydrogen) atoms. The predicted octanol–water partition coefficient (Wildman–Crippen LogP) is 6.24. The number of aromatic amines is 1. The van der Waals surface area contributed by atoms with Crippen molar-refractivity contribution >= 4 is 28.7 Å². The molecule has 3 aromatic carbocycles. The Morgan fingerprint density at radius 3 is 2.65 bits per heavy atom. The summed E-state index contributed by atoms with van der Waals surface area (Å²) < 4.78 is 11.4. The maximum atomic E-state index is 12.5. The molecule has 0 atom stereocenters. The van der Waals surface area contributed by atoms with Crippen LogP contribution >= 0.6 is 0 Å². The molecule has 1 N–H and O–H groups in total. The van der Waals surface area contributed by atoms with Gasteiger partial charge in [0.05, 0.1) is 22.2 Å². The summed E-state index contributed by atoms with van der Waals surface area (Å²) >= 11 is 0. The first-order valence-corrected chi connectivity index (χ1v) is 10.7. The molecule has 5 rings (SSSR count). The summed E-state index contributed by atoms with van der Waals surface area (Å²) in [5.74, 6) is 1.15. The summed E-state index contributed by atoms with van der Waals surface area (Å²) in [7, 11) is 0. The lowest BCUT2D eigenvalue weighted by atomic mass is 10.1. The second-order valence-electron chi connectivity index (χ2n) is 7.62. The van der Waals surface area contributed by atoms with E-state index in [-0.39, 0.29) is 6.61 Å². The highest BCUT2D eigenvalue weighted by molar-refractivity contribution is 5.91. The molecule has 0 fully saturated rings. The maximum Gasteiger partial charge on any atom is 0.338 e. The van der Waals surface area contributed by atoms with Crippen LogP contribution in [0, 0.1) is 11.3 Å². The minimum Gasteiger partial charge on any atom is -0.457 e. The van der Waals surface area contributed by atoms with E-state index in [1.807, 2.05) is 60.7 Å². The molecule has 0 spiro atoms. The minimum absolute atomic E-state index is 0.207. The average Bonchev–Trinajstić information content (AvgIpc) is 3.53. The van der Waals surface area contributed by atoms with Gasteiger partial charge in [0.15, 0.2) is 0 Å². The van der Waals surface area contributed by atoms with Crippen LogP contribution in [0.1, 0.15) is 27.5 Å². The third-order valence-corrected chi connectivity index (χ3v) is 5.27. The normalized spacial score (nSPS) is 11.3. The first-order valence-electron chi connectivity index (χ1n) is 10.7. The summed E-state index contributed by atoms with van der Waals surface area (Å²) in [6.45, 7) is 0.207. The van der Waals surface area contributed by atoms with Crippen molar-refractivity contribution < 1.29 is 13.9 Å². The number of hydrogen-bond donors (Lipinski definition) is 1. The number of nitriles is 1. The smallest absolute Gasteiger partial charge is 0.338 e. The fourth-order valence-corrected chi connectivity index (χ4v) is 3.57. The number of allylic oxidation sites excluding steroid dienone is 1. The van der Waals surface area contributed by atoms with Gasteiger partial charge in [0.25, 0.3) is 0 Å². The molecule has 164 valence electrons. The van der Waals surface area contributed by atoms with Gasteiger partial charge in [-0.3, -0.25) is 0 Å². The molecule has 0 aliphatic carbocycles. The standard InChI is InChI=1S/C28H19N3O3/c29-17-22(27-30-24-11-4-5-12-25(24)31-27)16-23-13-14-26(34-23)20-9-6-10-21(15-20)28(32)33-18-19-7-2-1-3-8-19/h1-16H,18H2,(H,30,31)/b22-16-. The van der Waals surface area contributed by atoms with Gasteiger partial charge in [-0.1, -0.05) is 54.6 Å². The van der Waals surface area contributed by atoms with Crippen molar-refractivity contribution in [1.82, 2.24) is 9.97 Å². The Balaban J connectivity index is 1.35. The van der Waals surface area contributed by atoms with Gasteiger partial charge in [-0.05, 0) is 42.0 Å². The van der Waals surface area contributed by atoms with Crippen molar-refractivity contribution in [1.29, 1.82) is 5.26 Å². The van der Waals surface area contributed by atoms with Crippen LogP contribution in [-0.2, 0) is 11.3 Å². The van der Waals surface area contributed by atoms with E-state index in [4.69, 9.17) is 9.15 Å². The predicted molar refractivity (Wildman–Crippen MR) is 129 cm³/mol. The molecule has 0 saturated carbocycles. The molecular weight excluding hydrogens is 426 g/mol. The van der Waals surface area contributed by atoms with E-state index in [0.29, 0.717) is 28.5 Å². The van der Waals surface area contributed by atoms with E-state index in [1.165, 1.54) is 0 Å². The topological polar surface area (TPSA) is 91.9 Å². The van der Waals surface area contributed by atoms with Gasteiger partial charge in [0, 0.05) is 11.6 Å². The number of aromatic nitrogens is 2. The number of H-pyrrole nitrogens is 1. The molecular formula is C28H19N3O3. The van der Waals surface area contributed by atoms with Crippen LogP contribution in [0.5, 0.6) is 0 Å². The summed E-state index contributed by atoms with van der Waals surface area (Å²) in [4.78, 5) is 20.1. The van der Waals surface area contributed by atoms with Crippen LogP contribution in [0.3, 0.4) is 0 Å². The van der Waals surface area contributed by atoms with Crippen LogP contribution < -0.4 is 0 Å². The highest BCUT2D eigenvalue weighted by atomic mass is 16.5.